The van der Waals surface area contributed by atoms with Crippen molar-refractivity contribution in [3.63, 3.8) is 0 Å². The van der Waals surface area contributed by atoms with Crippen LogP contribution in [0.4, 0.5) is 15.1 Å². The van der Waals surface area contributed by atoms with Crippen molar-refractivity contribution < 1.29 is 13.9 Å². The van der Waals surface area contributed by atoms with E-state index in [0.29, 0.717) is 17.3 Å². The van der Waals surface area contributed by atoms with E-state index in [1.807, 2.05) is 6.92 Å². The number of nitrogens with zero attached hydrogens (tertiary/aromatic N) is 1. The summed E-state index contributed by atoms with van der Waals surface area (Å²) in [7, 11) is 0. The van der Waals surface area contributed by atoms with Crippen molar-refractivity contribution in [3.05, 3.63) is 45.6 Å². The summed E-state index contributed by atoms with van der Waals surface area (Å²) in [5.41, 5.74) is 3.68. The van der Waals surface area contributed by atoms with Crippen molar-refractivity contribution in [3.8, 4) is 0 Å². The SMILES string of the molecule is CCOC(=O)c1c(NC(=S)N2c3ccc(F)cc3CCC2C)sc2c1CCCCCC2. The number of aryl methyl sites for hydroxylation is 2. The van der Waals surface area contributed by atoms with Gasteiger partial charge in [-0.3, -0.25) is 0 Å². The number of carbonyl (C=O) groups excluding carboxylic acids is 1. The Morgan fingerprint density at radius 1 is 1.26 bits per heavy atom. The molecule has 1 aromatic heterocycles. The van der Waals surface area contributed by atoms with Crippen LogP contribution in [0.5, 0.6) is 0 Å². The molecule has 0 spiro atoms. The van der Waals surface area contributed by atoms with Crippen LogP contribution in [0, 0.1) is 5.82 Å². The number of ether oxygens (including phenoxy) is 1. The topological polar surface area (TPSA) is 41.6 Å². The van der Waals surface area contributed by atoms with Crippen molar-refractivity contribution in [1.82, 2.24) is 0 Å². The third kappa shape index (κ3) is 4.62. The first-order valence-corrected chi connectivity index (χ1v) is 12.4. The molecule has 7 heteroatoms. The lowest BCUT2D eigenvalue weighted by Gasteiger charge is -2.37. The number of carbonyl (C=O) groups is 1. The maximum atomic E-state index is 13.8. The maximum absolute atomic E-state index is 13.8. The van der Waals surface area contributed by atoms with E-state index in [2.05, 4.69) is 17.1 Å². The molecule has 2 aliphatic rings. The number of hydrogen-bond acceptors (Lipinski definition) is 4. The summed E-state index contributed by atoms with van der Waals surface area (Å²) in [5, 5.41) is 4.70. The fourth-order valence-corrected chi connectivity index (χ4v) is 6.34. The molecular formula is C24H29FN2O2S2. The summed E-state index contributed by atoms with van der Waals surface area (Å²) in [4.78, 5) is 16.2. The van der Waals surface area contributed by atoms with Crippen LogP contribution in [-0.2, 0) is 24.0 Å². The molecule has 4 rings (SSSR count). The summed E-state index contributed by atoms with van der Waals surface area (Å²) in [6, 6.07) is 5.06. The molecule has 0 saturated heterocycles. The quantitative estimate of drug-likeness (QED) is 0.432. The van der Waals surface area contributed by atoms with Crippen LogP contribution in [0.1, 0.15) is 72.3 Å². The number of benzene rings is 1. The molecule has 1 aliphatic carbocycles. The van der Waals surface area contributed by atoms with E-state index in [9.17, 15) is 9.18 Å². The molecule has 0 fully saturated rings. The van der Waals surface area contributed by atoms with E-state index < -0.39 is 0 Å². The third-order valence-electron chi connectivity index (χ3n) is 6.16. The molecule has 1 atom stereocenters. The summed E-state index contributed by atoms with van der Waals surface area (Å²) in [5.74, 6) is -0.505. The van der Waals surface area contributed by atoms with Crippen LogP contribution in [-0.4, -0.2) is 23.7 Å². The van der Waals surface area contributed by atoms with Crippen molar-refractivity contribution in [2.75, 3.05) is 16.8 Å². The van der Waals surface area contributed by atoms with Gasteiger partial charge in [0, 0.05) is 16.6 Å². The summed E-state index contributed by atoms with van der Waals surface area (Å²) >= 11 is 7.45. The normalized spacial score (nSPS) is 18.4. The highest BCUT2D eigenvalue weighted by Crippen LogP contribution is 2.39. The maximum Gasteiger partial charge on any atom is 0.341 e. The molecule has 1 N–H and O–H groups in total. The van der Waals surface area contributed by atoms with Gasteiger partial charge in [0.25, 0.3) is 0 Å². The fourth-order valence-electron chi connectivity index (χ4n) is 4.61. The van der Waals surface area contributed by atoms with Gasteiger partial charge in [0.15, 0.2) is 5.11 Å². The highest BCUT2D eigenvalue weighted by molar-refractivity contribution is 7.80. The Morgan fingerprint density at radius 3 is 2.81 bits per heavy atom. The minimum Gasteiger partial charge on any atom is -0.462 e. The summed E-state index contributed by atoms with van der Waals surface area (Å²) < 4.78 is 19.2. The van der Waals surface area contributed by atoms with E-state index in [1.54, 1.807) is 23.5 Å². The lowest BCUT2D eigenvalue weighted by Crippen LogP contribution is -2.44. The van der Waals surface area contributed by atoms with E-state index in [4.69, 9.17) is 17.0 Å². The number of anilines is 2. The van der Waals surface area contributed by atoms with Crippen molar-refractivity contribution in [2.24, 2.45) is 0 Å². The lowest BCUT2D eigenvalue weighted by atomic mass is 9.96. The van der Waals surface area contributed by atoms with Gasteiger partial charge in [0.05, 0.1) is 12.2 Å². The zero-order valence-electron chi connectivity index (χ0n) is 18.1. The first kappa shape index (κ1) is 22.2. The number of nitrogens with one attached hydrogen (secondary N) is 1. The Labute approximate surface area is 192 Å². The van der Waals surface area contributed by atoms with Gasteiger partial charge in [0.1, 0.15) is 10.8 Å². The van der Waals surface area contributed by atoms with Gasteiger partial charge in [0.2, 0.25) is 0 Å². The van der Waals surface area contributed by atoms with Gasteiger partial charge in [-0.15, -0.1) is 11.3 Å². The van der Waals surface area contributed by atoms with Gasteiger partial charge in [-0.2, -0.15) is 0 Å². The zero-order valence-corrected chi connectivity index (χ0v) is 19.8. The van der Waals surface area contributed by atoms with Gasteiger partial charge < -0.3 is 15.0 Å². The fraction of sp³-hybridized carbons (Fsp3) is 0.500. The molecule has 2 aromatic rings. The second-order valence-corrected chi connectivity index (χ2v) is 9.80. The predicted molar refractivity (Wildman–Crippen MR) is 129 cm³/mol. The predicted octanol–water partition coefficient (Wildman–Crippen LogP) is 6.26. The average molecular weight is 461 g/mol. The standard InChI is InChI=1S/C24H29FN2O2S2/c1-3-29-23(28)21-18-8-6-4-5-7-9-20(18)31-22(21)26-24(30)27-15(2)10-11-16-14-17(25)12-13-19(16)27/h12-15H,3-11H2,1-2H3,(H,26,30). The Hall–Kier alpha value is -1.99. The van der Waals surface area contributed by atoms with Crippen LogP contribution >= 0.6 is 23.6 Å². The number of hydrogen-bond donors (Lipinski definition) is 1. The van der Waals surface area contributed by atoms with Crippen molar-refractivity contribution in [2.45, 2.75) is 71.3 Å². The van der Waals surface area contributed by atoms with Gasteiger partial charge in [-0.25, -0.2) is 9.18 Å². The largest absolute Gasteiger partial charge is 0.462 e. The number of thiophene rings is 1. The molecule has 0 saturated carbocycles. The number of fused-ring (bicyclic) bond motifs is 2. The summed E-state index contributed by atoms with van der Waals surface area (Å²) in [6.07, 6.45) is 8.26. The van der Waals surface area contributed by atoms with Crippen LogP contribution in [0.25, 0.3) is 0 Å². The average Bonchev–Trinajstić information content (AvgIpc) is 3.04. The second-order valence-electron chi connectivity index (χ2n) is 8.30. The lowest BCUT2D eigenvalue weighted by molar-refractivity contribution is 0.0526. The number of rotatable bonds is 3. The molecule has 0 radical (unpaired) electrons. The zero-order chi connectivity index (χ0) is 22.0. The smallest absolute Gasteiger partial charge is 0.341 e. The minimum atomic E-state index is -0.278. The molecule has 4 nitrogen and oxygen atoms in total. The molecule has 1 aliphatic heterocycles. The Bertz CT molecular complexity index is 988. The third-order valence-corrected chi connectivity index (χ3v) is 7.67. The van der Waals surface area contributed by atoms with Crippen LogP contribution in [0.2, 0.25) is 0 Å². The Kier molecular flexibility index (Phi) is 6.92. The number of esters is 1. The van der Waals surface area contributed by atoms with Gasteiger partial charge in [-0.1, -0.05) is 12.8 Å². The second kappa shape index (κ2) is 9.65. The number of thiocarbonyl (C=S) groups is 1. The van der Waals surface area contributed by atoms with E-state index >= 15 is 0 Å². The monoisotopic (exact) mass is 460 g/mol. The minimum absolute atomic E-state index is 0.185. The van der Waals surface area contributed by atoms with Crippen molar-refractivity contribution in [1.29, 1.82) is 0 Å². The highest BCUT2D eigenvalue weighted by atomic mass is 32.1. The van der Waals surface area contributed by atoms with E-state index in [-0.39, 0.29) is 17.8 Å². The van der Waals surface area contributed by atoms with Gasteiger partial charge in [-0.05, 0) is 93.9 Å². The molecule has 31 heavy (non-hydrogen) atoms. The van der Waals surface area contributed by atoms with E-state index in [1.165, 1.54) is 23.8 Å². The Morgan fingerprint density at radius 2 is 2.03 bits per heavy atom. The van der Waals surface area contributed by atoms with Crippen LogP contribution in [0.15, 0.2) is 18.2 Å². The molecular weight excluding hydrogens is 431 g/mol. The molecule has 0 amide bonds. The molecule has 2 heterocycles. The Balaban J connectivity index is 1.68. The first-order valence-electron chi connectivity index (χ1n) is 11.2. The van der Waals surface area contributed by atoms with Crippen LogP contribution < -0.4 is 10.2 Å². The molecule has 1 unspecified atom stereocenters. The van der Waals surface area contributed by atoms with Crippen LogP contribution in [0.3, 0.4) is 0 Å². The van der Waals surface area contributed by atoms with E-state index in [0.717, 1.165) is 60.3 Å². The molecule has 0 bridgehead atoms. The summed E-state index contributed by atoms with van der Waals surface area (Å²) in [6.45, 7) is 4.30. The number of halogens is 1. The highest BCUT2D eigenvalue weighted by Gasteiger charge is 2.30. The molecule has 166 valence electrons. The first-order chi connectivity index (χ1) is 15.0. The van der Waals surface area contributed by atoms with Gasteiger partial charge >= 0.3 is 5.97 Å². The van der Waals surface area contributed by atoms with Crippen molar-refractivity contribution >= 4 is 45.3 Å². The molecule has 1 aromatic carbocycles.